The molecule has 30 heavy (non-hydrogen) atoms. The fourth-order valence-electron chi connectivity index (χ4n) is 4.18. The van der Waals surface area contributed by atoms with Gasteiger partial charge in [-0.05, 0) is 49.2 Å². The first-order valence-corrected chi connectivity index (χ1v) is 10.1. The van der Waals surface area contributed by atoms with Crippen LogP contribution in [-0.2, 0) is 14.3 Å². The number of imidazole rings is 1. The van der Waals surface area contributed by atoms with Gasteiger partial charge in [0.2, 0.25) is 11.9 Å². The minimum absolute atomic E-state index is 0.0194. The number of benzene rings is 2. The number of carbonyl (C=O) groups excluding carboxylic acids is 2. The number of ether oxygens (including phenoxy) is 1. The lowest BCUT2D eigenvalue weighted by molar-refractivity contribution is -0.124. The van der Waals surface area contributed by atoms with Gasteiger partial charge in [0.05, 0.1) is 30.1 Å². The smallest absolute Gasteiger partial charge is 0.253 e. The van der Waals surface area contributed by atoms with Crippen LogP contribution in [0.2, 0.25) is 0 Å². The van der Waals surface area contributed by atoms with Gasteiger partial charge in [-0.3, -0.25) is 19.1 Å². The Bertz CT molecular complexity index is 1110. The molecule has 1 N–H and O–H groups in total. The van der Waals surface area contributed by atoms with Crippen LogP contribution < -0.4 is 10.2 Å². The van der Waals surface area contributed by atoms with E-state index >= 15 is 0 Å². The number of hydrogen-bond donors (Lipinski definition) is 1. The number of carbonyl (C=O) groups is 2. The molecule has 1 saturated heterocycles. The van der Waals surface area contributed by atoms with Crippen LogP contribution in [0.25, 0.3) is 11.0 Å². The van der Waals surface area contributed by atoms with Crippen molar-refractivity contribution < 1.29 is 18.7 Å². The van der Waals surface area contributed by atoms with E-state index in [1.54, 1.807) is 4.90 Å². The number of nitrogens with zero attached hydrogens (tertiary/aromatic N) is 3. The summed E-state index contributed by atoms with van der Waals surface area (Å²) in [5.41, 5.74) is 2.08. The molecule has 3 heterocycles. The van der Waals surface area contributed by atoms with Crippen molar-refractivity contribution in [3.05, 3.63) is 54.3 Å². The topological polar surface area (TPSA) is 76.5 Å². The van der Waals surface area contributed by atoms with Gasteiger partial charge in [-0.2, -0.15) is 0 Å². The highest BCUT2D eigenvalue weighted by Crippen LogP contribution is 2.37. The summed E-state index contributed by atoms with van der Waals surface area (Å²) in [7, 11) is 0. The van der Waals surface area contributed by atoms with Crippen LogP contribution >= 0.6 is 0 Å². The molecule has 0 unspecified atom stereocenters. The first kappa shape index (κ1) is 18.7. The first-order chi connectivity index (χ1) is 14.6. The maximum Gasteiger partial charge on any atom is 0.253 e. The summed E-state index contributed by atoms with van der Waals surface area (Å²) in [4.78, 5) is 32.3. The number of fused-ring (bicyclic) bond motifs is 3. The summed E-state index contributed by atoms with van der Waals surface area (Å²) in [5.74, 6) is -0.301. The monoisotopic (exact) mass is 408 g/mol. The van der Waals surface area contributed by atoms with Gasteiger partial charge in [-0.25, -0.2) is 9.37 Å². The van der Waals surface area contributed by atoms with E-state index in [0.29, 0.717) is 24.8 Å². The van der Waals surface area contributed by atoms with Gasteiger partial charge in [-0.15, -0.1) is 0 Å². The Labute approximate surface area is 172 Å². The maximum atomic E-state index is 13.3. The maximum absolute atomic E-state index is 13.3. The molecule has 3 aromatic rings. The molecule has 5 rings (SSSR count). The molecule has 0 bridgehead atoms. The lowest BCUT2D eigenvalue weighted by Crippen LogP contribution is -2.37. The third-order valence-electron chi connectivity index (χ3n) is 5.60. The van der Waals surface area contributed by atoms with Gasteiger partial charge in [0.1, 0.15) is 11.9 Å². The highest BCUT2D eigenvalue weighted by atomic mass is 19.1. The molecule has 2 atom stereocenters. The molecule has 2 amide bonds. The lowest BCUT2D eigenvalue weighted by Gasteiger charge is -2.19. The van der Waals surface area contributed by atoms with Crippen molar-refractivity contribution in [2.24, 2.45) is 0 Å². The van der Waals surface area contributed by atoms with Crippen molar-refractivity contribution in [2.75, 3.05) is 23.4 Å². The van der Waals surface area contributed by atoms with E-state index in [1.165, 1.54) is 24.3 Å². The Kier molecular flexibility index (Phi) is 4.71. The number of para-hydroxylation sites is 2. The number of rotatable bonds is 5. The average Bonchev–Trinajstić information content (AvgIpc) is 3.44. The number of amides is 2. The molecule has 2 aliphatic heterocycles. The lowest BCUT2D eigenvalue weighted by atomic mass is 10.1. The third kappa shape index (κ3) is 3.33. The number of nitrogens with one attached hydrogen (secondary N) is 1. The largest absolute Gasteiger partial charge is 0.376 e. The Hall–Kier alpha value is -3.26. The van der Waals surface area contributed by atoms with E-state index in [4.69, 9.17) is 4.74 Å². The van der Waals surface area contributed by atoms with Crippen LogP contribution in [0.15, 0.2) is 48.5 Å². The zero-order valence-corrected chi connectivity index (χ0v) is 16.3. The average molecular weight is 408 g/mol. The zero-order chi connectivity index (χ0) is 20.7. The quantitative estimate of drug-likeness (QED) is 0.703. The van der Waals surface area contributed by atoms with Crippen molar-refractivity contribution in [2.45, 2.75) is 31.4 Å². The summed E-state index contributed by atoms with van der Waals surface area (Å²) >= 11 is 0. The normalized spacial score (nSPS) is 20.7. The van der Waals surface area contributed by atoms with Crippen LogP contribution in [0.1, 0.15) is 25.3 Å². The van der Waals surface area contributed by atoms with E-state index in [2.05, 4.69) is 10.3 Å². The molecule has 2 aliphatic rings. The molecule has 1 aromatic heterocycles. The summed E-state index contributed by atoms with van der Waals surface area (Å²) in [6, 6.07) is 12.4. The minimum Gasteiger partial charge on any atom is -0.376 e. The fraction of sp³-hybridized carbons (Fsp3) is 0.318. The second kappa shape index (κ2) is 7.53. The van der Waals surface area contributed by atoms with Crippen molar-refractivity contribution in [3.63, 3.8) is 0 Å². The van der Waals surface area contributed by atoms with Gasteiger partial charge in [0.15, 0.2) is 0 Å². The standard InChI is InChI=1S/C22H21FN4O3/c23-14-7-9-15(10-8-14)24-20(28)12-19-21(29)26(13-16-4-3-11-30-16)22-25-17-5-1-2-6-18(17)27(19)22/h1-2,5-10,16,19H,3-4,11-13H2,(H,24,28)/t16-,19-/m0/s1. The van der Waals surface area contributed by atoms with Crippen LogP contribution in [0.3, 0.4) is 0 Å². The van der Waals surface area contributed by atoms with Crippen LogP contribution in [0, 0.1) is 5.82 Å². The van der Waals surface area contributed by atoms with E-state index in [0.717, 1.165) is 23.9 Å². The second-order valence-electron chi connectivity index (χ2n) is 7.63. The molecular weight excluding hydrogens is 387 g/mol. The second-order valence-corrected chi connectivity index (χ2v) is 7.63. The Balaban J connectivity index is 1.43. The van der Waals surface area contributed by atoms with Crippen LogP contribution in [0.5, 0.6) is 0 Å². The van der Waals surface area contributed by atoms with Crippen LogP contribution in [0.4, 0.5) is 16.0 Å². The number of anilines is 2. The van der Waals surface area contributed by atoms with E-state index < -0.39 is 6.04 Å². The van der Waals surface area contributed by atoms with Gasteiger partial charge in [0, 0.05) is 12.3 Å². The molecule has 0 saturated carbocycles. The highest BCUT2D eigenvalue weighted by Gasteiger charge is 2.42. The predicted octanol–water partition coefficient (Wildman–Crippen LogP) is 3.27. The van der Waals surface area contributed by atoms with Gasteiger partial charge in [0.25, 0.3) is 5.91 Å². The summed E-state index contributed by atoms with van der Waals surface area (Å²) < 4.78 is 20.7. The number of halogens is 1. The Morgan fingerprint density at radius 3 is 2.77 bits per heavy atom. The van der Waals surface area contributed by atoms with Crippen molar-refractivity contribution in [1.82, 2.24) is 9.55 Å². The van der Waals surface area contributed by atoms with Gasteiger partial charge in [-0.1, -0.05) is 12.1 Å². The number of aromatic nitrogens is 2. The minimum atomic E-state index is -0.686. The van der Waals surface area contributed by atoms with E-state index in [1.807, 2.05) is 28.8 Å². The third-order valence-corrected chi connectivity index (χ3v) is 5.60. The van der Waals surface area contributed by atoms with Gasteiger partial charge >= 0.3 is 0 Å². The molecular formula is C22H21FN4O3. The molecule has 0 aliphatic carbocycles. The molecule has 154 valence electrons. The fourth-order valence-corrected chi connectivity index (χ4v) is 4.18. The zero-order valence-electron chi connectivity index (χ0n) is 16.3. The molecule has 2 aromatic carbocycles. The van der Waals surface area contributed by atoms with Crippen molar-refractivity contribution in [3.8, 4) is 0 Å². The first-order valence-electron chi connectivity index (χ1n) is 10.1. The van der Waals surface area contributed by atoms with Crippen molar-refractivity contribution in [1.29, 1.82) is 0 Å². The van der Waals surface area contributed by atoms with Crippen molar-refractivity contribution >= 4 is 34.5 Å². The highest BCUT2D eigenvalue weighted by molar-refractivity contribution is 6.05. The summed E-state index contributed by atoms with van der Waals surface area (Å²) in [6.07, 6.45) is 1.83. The Morgan fingerprint density at radius 1 is 1.20 bits per heavy atom. The molecule has 0 spiro atoms. The van der Waals surface area contributed by atoms with E-state index in [-0.39, 0.29) is 30.2 Å². The predicted molar refractivity (Wildman–Crippen MR) is 110 cm³/mol. The summed E-state index contributed by atoms with van der Waals surface area (Å²) in [6.45, 7) is 1.13. The molecule has 1 fully saturated rings. The van der Waals surface area contributed by atoms with Gasteiger partial charge < -0.3 is 10.1 Å². The molecule has 8 heteroatoms. The molecule has 0 radical (unpaired) electrons. The van der Waals surface area contributed by atoms with E-state index in [9.17, 15) is 14.0 Å². The summed E-state index contributed by atoms with van der Waals surface area (Å²) in [5, 5.41) is 2.74. The SMILES string of the molecule is O=C(C[C@H]1C(=O)N(C[C@@H]2CCCO2)c2nc3ccccc3n21)Nc1ccc(F)cc1. The van der Waals surface area contributed by atoms with Crippen LogP contribution in [-0.4, -0.2) is 40.6 Å². The Morgan fingerprint density at radius 2 is 2.00 bits per heavy atom. The number of hydrogen-bond acceptors (Lipinski definition) is 4. The molecule has 7 nitrogen and oxygen atoms in total.